The predicted octanol–water partition coefficient (Wildman–Crippen LogP) is 3.72. The van der Waals surface area contributed by atoms with Crippen LogP contribution in [0.15, 0.2) is 36.5 Å². The lowest BCUT2D eigenvalue weighted by Crippen LogP contribution is -2.53. The third-order valence-corrected chi connectivity index (χ3v) is 7.30. The first kappa shape index (κ1) is 24.4. The van der Waals surface area contributed by atoms with E-state index in [9.17, 15) is 9.18 Å². The topological polar surface area (TPSA) is 89.5 Å². The molecule has 1 aromatic carbocycles. The summed E-state index contributed by atoms with van der Waals surface area (Å²) in [4.78, 5) is 25.6. The summed E-state index contributed by atoms with van der Waals surface area (Å²) < 4.78 is 37.2. The SMILES string of the molecule is CCOc1nc2cc(F)ccc2n1C1CCN(C(=O)C2(F)CCN(Cc3ccc(N)nc3)CC2)CC1. The van der Waals surface area contributed by atoms with Crippen LogP contribution in [0.3, 0.4) is 0 Å². The lowest BCUT2D eigenvalue weighted by Gasteiger charge is -2.40. The minimum Gasteiger partial charge on any atom is -0.465 e. The molecule has 2 aliphatic heterocycles. The van der Waals surface area contributed by atoms with Gasteiger partial charge in [-0.2, -0.15) is 4.98 Å². The van der Waals surface area contributed by atoms with Crippen molar-refractivity contribution >= 4 is 22.8 Å². The molecule has 2 aromatic heterocycles. The Morgan fingerprint density at radius 1 is 1.17 bits per heavy atom. The number of carbonyl (C=O) groups is 1. The maximum absolute atomic E-state index is 15.8. The number of pyridine rings is 1. The first-order chi connectivity index (χ1) is 17.4. The molecule has 0 spiro atoms. The summed E-state index contributed by atoms with van der Waals surface area (Å²) in [5.74, 6) is -0.281. The number of alkyl halides is 1. The Labute approximate surface area is 209 Å². The van der Waals surface area contributed by atoms with E-state index in [-0.39, 0.29) is 24.7 Å². The number of hydrogen-bond donors (Lipinski definition) is 1. The molecule has 2 aliphatic rings. The molecule has 192 valence electrons. The Bertz CT molecular complexity index is 1220. The van der Waals surface area contributed by atoms with Crippen molar-refractivity contribution in [2.75, 3.05) is 38.5 Å². The first-order valence-corrected chi connectivity index (χ1v) is 12.6. The van der Waals surface area contributed by atoms with E-state index in [1.165, 1.54) is 12.1 Å². The van der Waals surface area contributed by atoms with Gasteiger partial charge in [-0.05, 0) is 43.5 Å². The number of likely N-dealkylation sites (tertiary alicyclic amines) is 2. The van der Waals surface area contributed by atoms with Crippen LogP contribution in [0.25, 0.3) is 11.0 Å². The van der Waals surface area contributed by atoms with Gasteiger partial charge in [0.05, 0.1) is 17.6 Å². The minimum absolute atomic E-state index is 0.0389. The van der Waals surface area contributed by atoms with Crippen molar-refractivity contribution in [1.29, 1.82) is 0 Å². The summed E-state index contributed by atoms with van der Waals surface area (Å²) in [6.07, 6.45) is 3.40. The van der Waals surface area contributed by atoms with Crippen molar-refractivity contribution in [3.8, 4) is 6.01 Å². The van der Waals surface area contributed by atoms with Gasteiger partial charge in [0.2, 0.25) is 0 Å². The highest BCUT2D eigenvalue weighted by molar-refractivity contribution is 5.85. The Morgan fingerprint density at radius 3 is 2.58 bits per heavy atom. The van der Waals surface area contributed by atoms with Gasteiger partial charge in [0.25, 0.3) is 11.9 Å². The molecule has 36 heavy (non-hydrogen) atoms. The highest BCUT2D eigenvalue weighted by Gasteiger charge is 2.45. The summed E-state index contributed by atoms with van der Waals surface area (Å²) in [7, 11) is 0. The average molecular weight is 499 g/mol. The lowest BCUT2D eigenvalue weighted by molar-refractivity contribution is -0.148. The van der Waals surface area contributed by atoms with Gasteiger partial charge in [-0.15, -0.1) is 0 Å². The number of nitrogens with zero attached hydrogens (tertiary/aromatic N) is 5. The van der Waals surface area contributed by atoms with E-state index in [2.05, 4.69) is 14.9 Å². The number of ether oxygens (including phenoxy) is 1. The molecule has 2 saturated heterocycles. The van der Waals surface area contributed by atoms with Crippen LogP contribution in [0, 0.1) is 5.82 Å². The smallest absolute Gasteiger partial charge is 0.297 e. The number of nitrogens with two attached hydrogens (primary N) is 1. The summed E-state index contributed by atoms with van der Waals surface area (Å²) in [5, 5.41) is 0. The Kier molecular flexibility index (Phi) is 6.79. The number of rotatable bonds is 6. The lowest BCUT2D eigenvalue weighted by atomic mass is 9.90. The Morgan fingerprint density at radius 2 is 1.92 bits per heavy atom. The van der Waals surface area contributed by atoms with E-state index < -0.39 is 11.6 Å². The second-order valence-corrected chi connectivity index (χ2v) is 9.69. The van der Waals surface area contributed by atoms with Crippen LogP contribution in [0.2, 0.25) is 0 Å². The molecule has 0 saturated carbocycles. The summed E-state index contributed by atoms with van der Waals surface area (Å²) >= 11 is 0. The van der Waals surface area contributed by atoms with Crippen molar-refractivity contribution in [3.63, 3.8) is 0 Å². The Hall–Kier alpha value is -3.27. The molecule has 0 aliphatic carbocycles. The molecule has 0 unspecified atom stereocenters. The molecule has 4 heterocycles. The number of piperidine rings is 2. The molecule has 5 rings (SSSR count). The fourth-order valence-electron chi connectivity index (χ4n) is 5.31. The van der Waals surface area contributed by atoms with E-state index in [0.29, 0.717) is 69.5 Å². The van der Waals surface area contributed by atoms with Gasteiger partial charge in [-0.3, -0.25) is 14.3 Å². The molecule has 0 bridgehead atoms. The molecule has 2 N–H and O–H groups in total. The fourth-order valence-corrected chi connectivity index (χ4v) is 5.31. The van der Waals surface area contributed by atoms with Gasteiger partial charge in [-0.1, -0.05) is 6.07 Å². The zero-order valence-corrected chi connectivity index (χ0v) is 20.5. The number of imidazole rings is 1. The summed E-state index contributed by atoms with van der Waals surface area (Å²) in [6.45, 7) is 4.93. The van der Waals surface area contributed by atoms with Gasteiger partial charge >= 0.3 is 0 Å². The predicted molar refractivity (Wildman–Crippen MR) is 133 cm³/mol. The summed E-state index contributed by atoms with van der Waals surface area (Å²) in [5.41, 5.74) is 6.17. The zero-order chi connectivity index (χ0) is 25.3. The minimum atomic E-state index is -1.83. The van der Waals surface area contributed by atoms with Gasteiger partial charge < -0.3 is 15.4 Å². The van der Waals surface area contributed by atoms with Crippen LogP contribution < -0.4 is 10.5 Å². The normalized spacial score (nSPS) is 19.0. The maximum Gasteiger partial charge on any atom is 0.297 e. The standard InChI is InChI=1S/C26H32F2N6O2/c1-2-36-25-31-21-15-19(27)4-5-22(21)34(25)20-7-11-33(12-8-20)24(35)26(28)9-13-32(14-10-26)17-18-3-6-23(29)30-16-18/h3-6,15-16,20H,2,7-14,17H2,1H3,(H2,29,30). The molecule has 0 atom stereocenters. The second kappa shape index (κ2) is 10.0. The van der Waals surface area contributed by atoms with Crippen LogP contribution in [0.5, 0.6) is 6.01 Å². The molecular formula is C26H32F2N6O2. The summed E-state index contributed by atoms with van der Waals surface area (Å²) in [6, 6.07) is 8.70. The number of carbonyl (C=O) groups excluding carboxylic acids is 1. The second-order valence-electron chi connectivity index (χ2n) is 9.69. The van der Waals surface area contributed by atoms with Crippen molar-refractivity contribution in [2.24, 2.45) is 0 Å². The number of fused-ring (bicyclic) bond motifs is 1. The van der Waals surface area contributed by atoms with Gasteiger partial charge in [0.1, 0.15) is 11.6 Å². The highest BCUT2D eigenvalue weighted by Crippen LogP contribution is 2.35. The van der Waals surface area contributed by atoms with Crippen LogP contribution >= 0.6 is 0 Å². The van der Waals surface area contributed by atoms with E-state index in [0.717, 1.165) is 11.1 Å². The van der Waals surface area contributed by atoms with Gasteiger partial charge in [0, 0.05) is 63.9 Å². The number of aromatic nitrogens is 3. The Balaban J connectivity index is 1.20. The molecule has 8 nitrogen and oxygen atoms in total. The quantitative estimate of drug-likeness (QED) is 0.557. The van der Waals surface area contributed by atoms with Crippen molar-refractivity contribution in [1.82, 2.24) is 24.3 Å². The van der Waals surface area contributed by atoms with E-state index in [4.69, 9.17) is 10.5 Å². The fraction of sp³-hybridized carbons (Fsp3) is 0.500. The molecule has 1 amide bonds. The highest BCUT2D eigenvalue weighted by atomic mass is 19.1. The van der Waals surface area contributed by atoms with E-state index in [1.807, 2.05) is 17.6 Å². The first-order valence-electron chi connectivity index (χ1n) is 12.6. The van der Waals surface area contributed by atoms with Crippen molar-refractivity contribution < 1.29 is 18.3 Å². The average Bonchev–Trinajstić information content (AvgIpc) is 3.23. The number of nitrogen functional groups attached to an aromatic ring is 1. The van der Waals surface area contributed by atoms with E-state index >= 15 is 4.39 Å². The molecular weight excluding hydrogens is 466 g/mol. The number of anilines is 1. The van der Waals surface area contributed by atoms with Crippen LogP contribution in [0.1, 0.15) is 44.2 Å². The molecule has 0 radical (unpaired) electrons. The van der Waals surface area contributed by atoms with Crippen LogP contribution in [0.4, 0.5) is 14.6 Å². The third kappa shape index (κ3) is 4.86. The van der Waals surface area contributed by atoms with E-state index in [1.54, 1.807) is 23.2 Å². The third-order valence-electron chi connectivity index (χ3n) is 7.30. The number of halogens is 2. The monoisotopic (exact) mass is 498 g/mol. The zero-order valence-electron chi connectivity index (χ0n) is 20.5. The number of benzene rings is 1. The number of amides is 1. The molecule has 2 fully saturated rings. The molecule has 3 aromatic rings. The maximum atomic E-state index is 15.8. The van der Waals surface area contributed by atoms with Crippen LogP contribution in [-0.4, -0.2) is 68.7 Å². The molecule has 10 heteroatoms. The van der Waals surface area contributed by atoms with Crippen molar-refractivity contribution in [3.05, 3.63) is 47.9 Å². The van der Waals surface area contributed by atoms with Gasteiger partial charge in [0.15, 0.2) is 5.67 Å². The van der Waals surface area contributed by atoms with Gasteiger partial charge in [-0.25, -0.2) is 13.8 Å². The van der Waals surface area contributed by atoms with Crippen LogP contribution in [-0.2, 0) is 11.3 Å². The number of hydrogen-bond acceptors (Lipinski definition) is 6. The van der Waals surface area contributed by atoms with Crippen molar-refractivity contribution in [2.45, 2.75) is 50.9 Å². The largest absolute Gasteiger partial charge is 0.465 e.